The molecule has 0 fully saturated rings. The Hall–Kier alpha value is -0.860. The highest BCUT2D eigenvalue weighted by molar-refractivity contribution is 5.31. The number of aliphatic hydroxyl groups excluding tert-OH is 1. The van der Waals surface area contributed by atoms with E-state index in [1.165, 1.54) is 24.8 Å². The third kappa shape index (κ3) is 5.64. The van der Waals surface area contributed by atoms with E-state index >= 15 is 0 Å². The molecule has 114 valence electrons. The van der Waals surface area contributed by atoms with Gasteiger partial charge in [-0.1, -0.05) is 56.9 Å². The maximum Gasteiger partial charge on any atom is 0.103 e. The molecule has 2 atom stereocenters. The molecule has 1 N–H and O–H groups in total. The van der Waals surface area contributed by atoms with Gasteiger partial charge in [0.05, 0.1) is 6.61 Å². The van der Waals surface area contributed by atoms with Gasteiger partial charge < -0.3 is 9.84 Å². The molecule has 2 unspecified atom stereocenters. The third-order valence-corrected chi connectivity index (χ3v) is 3.96. The highest BCUT2D eigenvalue weighted by Crippen LogP contribution is 2.20. The van der Waals surface area contributed by atoms with Crippen LogP contribution in [-0.2, 0) is 4.74 Å². The Labute approximate surface area is 124 Å². The summed E-state index contributed by atoms with van der Waals surface area (Å²) in [7, 11) is 0. The van der Waals surface area contributed by atoms with E-state index in [1.807, 2.05) is 19.1 Å². The van der Waals surface area contributed by atoms with E-state index in [9.17, 15) is 5.11 Å². The number of ether oxygens (including phenoxy) is 1. The van der Waals surface area contributed by atoms with Gasteiger partial charge in [-0.15, -0.1) is 0 Å². The van der Waals surface area contributed by atoms with Crippen LogP contribution >= 0.6 is 0 Å². The molecule has 1 aromatic rings. The second kappa shape index (κ2) is 9.15. The molecule has 0 heterocycles. The number of benzene rings is 1. The van der Waals surface area contributed by atoms with Crippen molar-refractivity contribution in [1.29, 1.82) is 0 Å². The fourth-order valence-corrected chi connectivity index (χ4v) is 2.53. The number of aryl methyl sites for hydroxylation is 2. The van der Waals surface area contributed by atoms with Gasteiger partial charge in [0.15, 0.2) is 0 Å². The lowest BCUT2D eigenvalue weighted by Crippen LogP contribution is -2.14. The molecule has 2 nitrogen and oxygen atoms in total. The van der Waals surface area contributed by atoms with E-state index in [4.69, 9.17) is 4.74 Å². The lowest BCUT2D eigenvalue weighted by molar-refractivity contribution is 0.0178. The first-order chi connectivity index (χ1) is 9.58. The monoisotopic (exact) mass is 278 g/mol. The van der Waals surface area contributed by atoms with Crippen molar-refractivity contribution in [2.24, 2.45) is 5.92 Å². The fraction of sp³-hybridized carbons (Fsp3) is 0.667. The predicted molar refractivity (Wildman–Crippen MR) is 85.0 cm³/mol. The Morgan fingerprint density at radius 1 is 1.15 bits per heavy atom. The first-order valence-electron chi connectivity index (χ1n) is 7.91. The second-order valence-electron chi connectivity index (χ2n) is 5.83. The summed E-state index contributed by atoms with van der Waals surface area (Å²) in [4.78, 5) is 0. The topological polar surface area (TPSA) is 29.5 Å². The van der Waals surface area contributed by atoms with Crippen LogP contribution < -0.4 is 0 Å². The Morgan fingerprint density at radius 3 is 2.50 bits per heavy atom. The van der Waals surface area contributed by atoms with Crippen LogP contribution in [0.25, 0.3) is 0 Å². The second-order valence-corrected chi connectivity index (χ2v) is 5.83. The molecule has 20 heavy (non-hydrogen) atoms. The SMILES string of the molecule is CCCCC(CC)COCC(O)c1ccc(C)cc1C. The van der Waals surface area contributed by atoms with E-state index in [2.05, 4.69) is 26.8 Å². The van der Waals surface area contributed by atoms with Crippen LogP contribution in [0.3, 0.4) is 0 Å². The molecule has 0 aliphatic heterocycles. The van der Waals surface area contributed by atoms with Gasteiger partial charge in [0.1, 0.15) is 6.10 Å². The zero-order valence-corrected chi connectivity index (χ0v) is 13.5. The van der Waals surface area contributed by atoms with Crippen molar-refractivity contribution in [3.8, 4) is 0 Å². The Bertz CT molecular complexity index is 387. The summed E-state index contributed by atoms with van der Waals surface area (Å²) in [6, 6.07) is 6.16. The van der Waals surface area contributed by atoms with Crippen LogP contribution in [0.15, 0.2) is 18.2 Å². The molecular formula is C18H30O2. The normalized spacial score (nSPS) is 14.2. The molecule has 0 spiro atoms. The summed E-state index contributed by atoms with van der Waals surface area (Å²) in [5.74, 6) is 0.626. The molecule has 2 heteroatoms. The summed E-state index contributed by atoms with van der Waals surface area (Å²) in [6.07, 6.45) is 4.37. The van der Waals surface area contributed by atoms with E-state index < -0.39 is 6.10 Å². The minimum Gasteiger partial charge on any atom is -0.386 e. The van der Waals surface area contributed by atoms with Gasteiger partial charge in [-0.2, -0.15) is 0 Å². The minimum atomic E-state index is -0.515. The Kier molecular flexibility index (Phi) is 7.86. The maximum atomic E-state index is 10.2. The molecule has 0 saturated carbocycles. The molecule has 0 aliphatic carbocycles. The smallest absolute Gasteiger partial charge is 0.103 e. The fourth-order valence-electron chi connectivity index (χ4n) is 2.53. The van der Waals surface area contributed by atoms with Crippen LogP contribution in [0, 0.1) is 19.8 Å². The minimum absolute atomic E-state index is 0.395. The van der Waals surface area contributed by atoms with Crippen molar-refractivity contribution in [3.63, 3.8) is 0 Å². The van der Waals surface area contributed by atoms with Gasteiger partial charge in [0, 0.05) is 6.61 Å². The number of hydrogen-bond donors (Lipinski definition) is 1. The lowest BCUT2D eigenvalue weighted by atomic mass is 10.00. The summed E-state index contributed by atoms with van der Waals surface area (Å²) >= 11 is 0. The van der Waals surface area contributed by atoms with E-state index in [1.54, 1.807) is 0 Å². The van der Waals surface area contributed by atoms with Crippen LogP contribution in [0.4, 0.5) is 0 Å². The van der Waals surface area contributed by atoms with Gasteiger partial charge in [-0.25, -0.2) is 0 Å². The summed E-state index contributed by atoms with van der Waals surface area (Å²) in [6.45, 7) is 9.70. The van der Waals surface area contributed by atoms with Gasteiger partial charge in [0.2, 0.25) is 0 Å². The van der Waals surface area contributed by atoms with Crippen LogP contribution in [0.2, 0.25) is 0 Å². The number of hydrogen-bond acceptors (Lipinski definition) is 2. The van der Waals surface area contributed by atoms with Crippen molar-refractivity contribution >= 4 is 0 Å². The average molecular weight is 278 g/mol. The van der Waals surface area contributed by atoms with Gasteiger partial charge in [0.25, 0.3) is 0 Å². The van der Waals surface area contributed by atoms with Crippen molar-refractivity contribution in [3.05, 3.63) is 34.9 Å². The highest BCUT2D eigenvalue weighted by atomic mass is 16.5. The molecule has 0 bridgehead atoms. The van der Waals surface area contributed by atoms with Crippen LogP contribution in [0.5, 0.6) is 0 Å². The number of rotatable bonds is 9. The molecule has 1 rings (SSSR count). The van der Waals surface area contributed by atoms with Gasteiger partial charge in [-0.3, -0.25) is 0 Å². The van der Waals surface area contributed by atoms with E-state index in [0.717, 1.165) is 24.2 Å². The van der Waals surface area contributed by atoms with Gasteiger partial charge >= 0.3 is 0 Å². The molecule has 1 aromatic carbocycles. The van der Waals surface area contributed by atoms with Crippen molar-refractivity contribution in [2.45, 2.75) is 59.5 Å². The predicted octanol–water partition coefficient (Wildman–Crippen LogP) is 4.57. The molecule has 0 aliphatic rings. The zero-order valence-electron chi connectivity index (χ0n) is 13.5. The molecule has 0 aromatic heterocycles. The van der Waals surface area contributed by atoms with Crippen LogP contribution in [-0.4, -0.2) is 18.3 Å². The maximum absolute atomic E-state index is 10.2. The number of unbranched alkanes of at least 4 members (excludes halogenated alkanes) is 1. The zero-order chi connectivity index (χ0) is 15.0. The molecule has 0 saturated heterocycles. The van der Waals surface area contributed by atoms with Gasteiger partial charge in [-0.05, 0) is 37.3 Å². The number of aliphatic hydroxyl groups is 1. The summed E-state index contributed by atoms with van der Waals surface area (Å²) < 4.78 is 5.74. The first-order valence-corrected chi connectivity index (χ1v) is 7.91. The molecule has 0 amide bonds. The van der Waals surface area contributed by atoms with Crippen molar-refractivity contribution < 1.29 is 9.84 Å². The quantitative estimate of drug-likeness (QED) is 0.717. The van der Waals surface area contributed by atoms with Crippen molar-refractivity contribution in [1.82, 2.24) is 0 Å². The van der Waals surface area contributed by atoms with Crippen molar-refractivity contribution in [2.75, 3.05) is 13.2 Å². The Balaban J connectivity index is 2.40. The lowest BCUT2D eigenvalue weighted by Gasteiger charge is -2.18. The summed E-state index contributed by atoms with van der Waals surface area (Å²) in [5.41, 5.74) is 3.35. The van der Waals surface area contributed by atoms with E-state index in [-0.39, 0.29) is 0 Å². The average Bonchev–Trinajstić information content (AvgIpc) is 2.42. The molecular weight excluding hydrogens is 248 g/mol. The standard InChI is InChI=1S/C18H30O2/c1-5-7-8-16(6-2)12-20-13-18(19)17-10-9-14(3)11-15(17)4/h9-11,16,18-19H,5-8,12-13H2,1-4H3. The largest absolute Gasteiger partial charge is 0.386 e. The third-order valence-electron chi connectivity index (χ3n) is 3.96. The summed E-state index contributed by atoms with van der Waals surface area (Å²) in [5, 5.41) is 10.2. The van der Waals surface area contributed by atoms with Crippen LogP contribution in [0.1, 0.15) is 62.3 Å². The highest BCUT2D eigenvalue weighted by Gasteiger charge is 2.12. The first kappa shape index (κ1) is 17.2. The van der Waals surface area contributed by atoms with E-state index in [0.29, 0.717) is 12.5 Å². The molecule has 0 radical (unpaired) electrons. The Morgan fingerprint density at radius 2 is 1.90 bits per heavy atom.